The Morgan fingerprint density at radius 3 is 2.24 bits per heavy atom. The van der Waals surface area contributed by atoms with Gasteiger partial charge in [-0.05, 0) is 61.9 Å². The number of halogens is 1. The fourth-order valence-electron chi connectivity index (χ4n) is 1.81. The minimum absolute atomic E-state index is 0.131. The Bertz CT molecular complexity index is 625. The molecule has 108 valence electrons. The molecule has 0 N–H and O–H groups in total. The summed E-state index contributed by atoms with van der Waals surface area (Å²) in [6.07, 6.45) is 3.34. The number of ketones is 1. The first kappa shape index (κ1) is 15.0. The molecule has 0 aliphatic rings. The molecular weight excluding hydrogens is 267 g/mol. The number of carbonyl (C=O) groups is 1. The summed E-state index contributed by atoms with van der Waals surface area (Å²) >= 11 is 0. The van der Waals surface area contributed by atoms with Crippen molar-refractivity contribution in [2.75, 3.05) is 0 Å². The zero-order valence-electron chi connectivity index (χ0n) is 12.0. The highest BCUT2D eigenvalue weighted by Crippen LogP contribution is 2.15. The summed E-state index contributed by atoms with van der Waals surface area (Å²) in [5.74, 6) is 0.292. The quantitative estimate of drug-likeness (QED) is 0.596. The number of hydrogen-bond acceptors (Lipinski definition) is 2. The van der Waals surface area contributed by atoms with Crippen LogP contribution in [-0.2, 0) is 0 Å². The Hall–Kier alpha value is -2.42. The third-order valence-corrected chi connectivity index (χ3v) is 2.81. The maximum atomic E-state index is 12.8. The summed E-state index contributed by atoms with van der Waals surface area (Å²) in [4.78, 5) is 11.9. The molecule has 0 aliphatic heterocycles. The lowest BCUT2D eigenvalue weighted by molar-refractivity contribution is 0.104. The van der Waals surface area contributed by atoms with Crippen LogP contribution in [0, 0.1) is 5.82 Å². The lowest BCUT2D eigenvalue weighted by Crippen LogP contribution is -2.05. The third-order valence-electron chi connectivity index (χ3n) is 2.81. The number of carbonyl (C=O) groups excluding carboxylic acids is 1. The van der Waals surface area contributed by atoms with Gasteiger partial charge in [-0.1, -0.05) is 18.2 Å². The molecule has 0 fully saturated rings. The molecule has 0 radical (unpaired) electrons. The number of rotatable bonds is 5. The van der Waals surface area contributed by atoms with E-state index >= 15 is 0 Å². The van der Waals surface area contributed by atoms with Gasteiger partial charge in [0.1, 0.15) is 11.6 Å². The van der Waals surface area contributed by atoms with Gasteiger partial charge in [0.2, 0.25) is 0 Å². The highest BCUT2D eigenvalue weighted by molar-refractivity contribution is 6.06. The van der Waals surface area contributed by atoms with E-state index in [9.17, 15) is 9.18 Å². The van der Waals surface area contributed by atoms with Crippen LogP contribution in [0.25, 0.3) is 6.08 Å². The van der Waals surface area contributed by atoms with E-state index in [-0.39, 0.29) is 17.7 Å². The predicted molar refractivity (Wildman–Crippen MR) is 82.0 cm³/mol. The minimum atomic E-state index is -0.351. The van der Waals surface area contributed by atoms with E-state index < -0.39 is 0 Å². The zero-order valence-corrected chi connectivity index (χ0v) is 12.0. The van der Waals surface area contributed by atoms with Gasteiger partial charge in [0.05, 0.1) is 6.10 Å². The minimum Gasteiger partial charge on any atom is -0.491 e. The molecule has 2 aromatic rings. The first-order chi connectivity index (χ1) is 10.0. The number of benzene rings is 2. The van der Waals surface area contributed by atoms with Crippen molar-refractivity contribution in [2.45, 2.75) is 20.0 Å². The first-order valence-electron chi connectivity index (χ1n) is 6.79. The van der Waals surface area contributed by atoms with Crippen molar-refractivity contribution in [3.63, 3.8) is 0 Å². The van der Waals surface area contributed by atoms with Crippen LogP contribution in [-0.4, -0.2) is 11.9 Å². The predicted octanol–water partition coefficient (Wildman–Crippen LogP) is 4.51. The smallest absolute Gasteiger partial charge is 0.185 e. The molecule has 0 saturated carbocycles. The number of ether oxygens (including phenoxy) is 1. The van der Waals surface area contributed by atoms with Gasteiger partial charge in [0.15, 0.2) is 5.78 Å². The zero-order chi connectivity index (χ0) is 15.2. The Balaban J connectivity index is 2.03. The molecule has 0 atom stereocenters. The molecule has 0 aliphatic carbocycles. The standard InChI is InChI=1S/C18H17FO2/c1-13(2)21-17-10-3-14(4-11-17)5-12-18(20)15-6-8-16(19)9-7-15/h3-13H,1-2H3/b12-5+. The summed E-state index contributed by atoms with van der Waals surface area (Å²) in [5, 5.41) is 0. The maximum absolute atomic E-state index is 12.8. The molecular formula is C18H17FO2. The molecule has 2 rings (SSSR count). The molecule has 0 bridgehead atoms. The van der Waals surface area contributed by atoms with Gasteiger partial charge in [0.25, 0.3) is 0 Å². The third kappa shape index (κ3) is 4.56. The second kappa shape index (κ2) is 6.84. The molecule has 0 unspecified atom stereocenters. The van der Waals surface area contributed by atoms with Crippen LogP contribution in [0.3, 0.4) is 0 Å². The SMILES string of the molecule is CC(C)Oc1ccc(/C=C/C(=O)c2ccc(F)cc2)cc1. The van der Waals surface area contributed by atoms with Crippen molar-refractivity contribution in [1.82, 2.24) is 0 Å². The van der Waals surface area contributed by atoms with Crippen LogP contribution in [0.5, 0.6) is 5.75 Å². The second-order valence-corrected chi connectivity index (χ2v) is 4.94. The van der Waals surface area contributed by atoms with Crippen molar-refractivity contribution in [3.8, 4) is 5.75 Å². The van der Waals surface area contributed by atoms with E-state index in [1.807, 2.05) is 38.1 Å². The van der Waals surface area contributed by atoms with E-state index in [1.54, 1.807) is 6.08 Å². The fraction of sp³-hybridized carbons (Fsp3) is 0.167. The lowest BCUT2D eigenvalue weighted by atomic mass is 10.1. The van der Waals surface area contributed by atoms with Gasteiger partial charge in [0, 0.05) is 5.56 Å². The van der Waals surface area contributed by atoms with Crippen molar-refractivity contribution in [2.24, 2.45) is 0 Å². The average Bonchev–Trinajstić information content (AvgIpc) is 2.46. The summed E-state index contributed by atoms with van der Waals surface area (Å²) in [6, 6.07) is 13.0. The molecule has 0 amide bonds. The molecule has 0 spiro atoms. The van der Waals surface area contributed by atoms with Crippen molar-refractivity contribution >= 4 is 11.9 Å². The molecule has 0 heterocycles. The monoisotopic (exact) mass is 284 g/mol. The van der Waals surface area contributed by atoms with Crippen LogP contribution in [0.15, 0.2) is 54.6 Å². The highest BCUT2D eigenvalue weighted by atomic mass is 19.1. The Morgan fingerprint density at radius 2 is 1.67 bits per heavy atom. The number of hydrogen-bond donors (Lipinski definition) is 0. The van der Waals surface area contributed by atoms with Gasteiger partial charge in [-0.25, -0.2) is 4.39 Å². The van der Waals surface area contributed by atoms with E-state index in [2.05, 4.69) is 0 Å². The van der Waals surface area contributed by atoms with Gasteiger partial charge < -0.3 is 4.74 Å². The molecule has 2 nitrogen and oxygen atoms in total. The summed E-state index contributed by atoms with van der Waals surface area (Å²) in [7, 11) is 0. The molecule has 21 heavy (non-hydrogen) atoms. The average molecular weight is 284 g/mol. The van der Waals surface area contributed by atoms with Gasteiger partial charge in [-0.3, -0.25) is 4.79 Å². The Morgan fingerprint density at radius 1 is 1.05 bits per heavy atom. The molecule has 3 heteroatoms. The Kier molecular flexibility index (Phi) is 4.88. The van der Waals surface area contributed by atoms with Crippen LogP contribution >= 0.6 is 0 Å². The molecule has 0 aromatic heterocycles. The van der Waals surface area contributed by atoms with Crippen LogP contribution < -0.4 is 4.74 Å². The second-order valence-electron chi connectivity index (χ2n) is 4.94. The maximum Gasteiger partial charge on any atom is 0.185 e. The van der Waals surface area contributed by atoms with Gasteiger partial charge in [-0.2, -0.15) is 0 Å². The van der Waals surface area contributed by atoms with Crippen LogP contribution in [0.4, 0.5) is 4.39 Å². The molecule has 0 saturated heterocycles. The van der Waals surface area contributed by atoms with E-state index in [0.29, 0.717) is 5.56 Å². The topological polar surface area (TPSA) is 26.3 Å². The summed E-state index contributed by atoms with van der Waals surface area (Å²) in [5.41, 5.74) is 1.37. The summed E-state index contributed by atoms with van der Waals surface area (Å²) in [6.45, 7) is 3.93. The van der Waals surface area contributed by atoms with Crippen molar-refractivity contribution in [3.05, 3.63) is 71.6 Å². The van der Waals surface area contributed by atoms with Crippen LogP contribution in [0.2, 0.25) is 0 Å². The lowest BCUT2D eigenvalue weighted by Gasteiger charge is -2.09. The van der Waals surface area contributed by atoms with E-state index in [4.69, 9.17) is 4.74 Å². The highest BCUT2D eigenvalue weighted by Gasteiger charge is 2.02. The first-order valence-corrected chi connectivity index (χ1v) is 6.79. The molecule has 2 aromatic carbocycles. The van der Waals surface area contributed by atoms with Crippen molar-refractivity contribution in [1.29, 1.82) is 0 Å². The van der Waals surface area contributed by atoms with E-state index in [0.717, 1.165) is 11.3 Å². The van der Waals surface area contributed by atoms with E-state index in [1.165, 1.54) is 30.3 Å². The number of allylic oxidation sites excluding steroid dienone is 1. The normalized spacial score (nSPS) is 11.0. The van der Waals surface area contributed by atoms with Gasteiger partial charge in [-0.15, -0.1) is 0 Å². The summed E-state index contributed by atoms with van der Waals surface area (Å²) < 4.78 is 18.3. The van der Waals surface area contributed by atoms with Crippen LogP contribution in [0.1, 0.15) is 29.8 Å². The van der Waals surface area contributed by atoms with Gasteiger partial charge >= 0.3 is 0 Å². The largest absolute Gasteiger partial charge is 0.491 e. The Labute approximate surface area is 123 Å². The fourth-order valence-corrected chi connectivity index (χ4v) is 1.81. The van der Waals surface area contributed by atoms with Crippen molar-refractivity contribution < 1.29 is 13.9 Å².